The molecule has 0 aliphatic carbocycles. The Balaban J connectivity index is 1.92. The molecular weight excluding hydrogens is 376 g/mol. The topological polar surface area (TPSA) is 95.5 Å². The summed E-state index contributed by atoms with van der Waals surface area (Å²) in [6.45, 7) is 5.14. The number of aliphatic carboxylic acids is 1. The molecule has 1 atom stereocenters. The zero-order valence-corrected chi connectivity index (χ0v) is 16.7. The Morgan fingerprint density at radius 2 is 1.71 bits per heavy atom. The van der Waals surface area contributed by atoms with Crippen molar-refractivity contribution in [2.24, 2.45) is 0 Å². The predicted molar refractivity (Wildman–Crippen MR) is 112 cm³/mol. The quantitative estimate of drug-likeness (QED) is 0.482. The van der Waals surface area contributed by atoms with Gasteiger partial charge in [-0.2, -0.15) is 0 Å². The number of carbonyl (C=O) groups is 3. The van der Waals surface area contributed by atoms with Gasteiger partial charge < -0.3 is 15.7 Å². The number of anilines is 2. The van der Waals surface area contributed by atoms with E-state index >= 15 is 0 Å². The average Bonchev–Trinajstić information content (AvgIpc) is 2.63. The molecule has 0 aliphatic rings. The number of thioether (sulfide) groups is 1. The van der Waals surface area contributed by atoms with Crippen LogP contribution in [0.3, 0.4) is 0 Å². The molecule has 28 heavy (non-hydrogen) atoms. The van der Waals surface area contributed by atoms with E-state index in [9.17, 15) is 14.4 Å². The van der Waals surface area contributed by atoms with E-state index in [2.05, 4.69) is 10.6 Å². The summed E-state index contributed by atoms with van der Waals surface area (Å²) in [5, 5.41) is 14.0. The second-order valence-electron chi connectivity index (χ2n) is 6.26. The molecule has 0 aromatic heterocycles. The molecule has 2 aromatic rings. The normalized spacial score (nSPS) is 12.2. The van der Waals surface area contributed by atoms with Crippen molar-refractivity contribution in [1.29, 1.82) is 0 Å². The van der Waals surface area contributed by atoms with Crippen LogP contribution in [0.1, 0.15) is 19.4 Å². The number of aryl methyl sites for hydroxylation is 1. The molecule has 146 valence electrons. The molecule has 0 unspecified atom stereocenters. The number of hydrogen-bond acceptors (Lipinski definition) is 4. The van der Waals surface area contributed by atoms with Crippen LogP contribution in [0.15, 0.2) is 65.1 Å². The largest absolute Gasteiger partial charge is 0.478 e. The number of amides is 2. The van der Waals surface area contributed by atoms with Crippen LogP contribution in [0, 0.1) is 6.92 Å². The van der Waals surface area contributed by atoms with Gasteiger partial charge in [0.25, 0.3) is 0 Å². The zero-order chi connectivity index (χ0) is 20.7. The minimum absolute atomic E-state index is 0.0434. The third kappa shape index (κ3) is 6.59. The summed E-state index contributed by atoms with van der Waals surface area (Å²) in [6, 6.07) is 14.6. The van der Waals surface area contributed by atoms with Crippen molar-refractivity contribution in [2.75, 3.05) is 10.6 Å². The van der Waals surface area contributed by atoms with E-state index in [0.717, 1.165) is 22.2 Å². The first kappa shape index (κ1) is 21.2. The Kier molecular flexibility index (Phi) is 7.40. The molecule has 2 rings (SSSR count). The van der Waals surface area contributed by atoms with Crippen molar-refractivity contribution in [3.8, 4) is 0 Å². The van der Waals surface area contributed by atoms with Crippen LogP contribution in [0.4, 0.5) is 11.4 Å². The summed E-state index contributed by atoms with van der Waals surface area (Å²) in [5.74, 6) is -1.74. The Bertz CT molecular complexity index is 907. The first-order valence-corrected chi connectivity index (χ1v) is 9.49. The monoisotopic (exact) mass is 398 g/mol. The van der Waals surface area contributed by atoms with Crippen molar-refractivity contribution in [1.82, 2.24) is 0 Å². The lowest BCUT2D eigenvalue weighted by molar-refractivity contribution is -0.132. The standard InChI is InChI=1S/C21H22N2O4S/c1-13-5-4-6-17(11-13)23-20(25)15(3)28-18-9-7-16(8-10-18)22-19(24)12-14(2)21(26)27/h4-12,15H,1-3H3,(H,22,24)(H,23,25)(H,26,27)/b14-12-/t15-/m1/s1. The fourth-order valence-corrected chi connectivity index (χ4v) is 3.15. The van der Waals surface area contributed by atoms with E-state index < -0.39 is 11.9 Å². The van der Waals surface area contributed by atoms with Gasteiger partial charge in [-0.1, -0.05) is 12.1 Å². The van der Waals surface area contributed by atoms with Crippen LogP contribution in [-0.2, 0) is 14.4 Å². The van der Waals surface area contributed by atoms with Crippen molar-refractivity contribution in [3.05, 3.63) is 65.7 Å². The van der Waals surface area contributed by atoms with Crippen LogP contribution in [0.5, 0.6) is 0 Å². The minimum atomic E-state index is -1.14. The van der Waals surface area contributed by atoms with Crippen LogP contribution in [-0.4, -0.2) is 28.1 Å². The lowest BCUT2D eigenvalue weighted by Crippen LogP contribution is -2.22. The summed E-state index contributed by atoms with van der Waals surface area (Å²) in [6.07, 6.45) is 1.03. The van der Waals surface area contributed by atoms with E-state index in [0.29, 0.717) is 5.69 Å². The lowest BCUT2D eigenvalue weighted by atomic mass is 10.2. The molecule has 2 aromatic carbocycles. The minimum Gasteiger partial charge on any atom is -0.478 e. The van der Waals surface area contributed by atoms with E-state index in [1.165, 1.54) is 18.7 Å². The second-order valence-corrected chi connectivity index (χ2v) is 7.68. The molecule has 7 heteroatoms. The highest BCUT2D eigenvalue weighted by molar-refractivity contribution is 8.00. The molecule has 0 saturated heterocycles. The molecule has 3 N–H and O–H groups in total. The van der Waals surface area contributed by atoms with E-state index in [1.807, 2.05) is 38.1 Å². The van der Waals surface area contributed by atoms with Crippen LogP contribution in [0.25, 0.3) is 0 Å². The van der Waals surface area contributed by atoms with Crippen molar-refractivity contribution < 1.29 is 19.5 Å². The predicted octanol–water partition coefficient (Wildman–Crippen LogP) is 4.08. The number of benzene rings is 2. The Morgan fingerprint density at radius 3 is 2.32 bits per heavy atom. The number of carboxylic acid groups (broad SMARTS) is 1. The van der Waals surface area contributed by atoms with E-state index in [-0.39, 0.29) is 16.7 Å². The van der Waals surface area contributed by atoms with Gasteiger partial charge in [0.1, 0.15) is 0 Å². The molecule has 0 bridgehead atoms. The smallest absolute Gasteiger partial charge is 0.331 e. The highest BCUT2D eigenvalue weighted by Gasteiger charge is 2.15. The van der Waals surface area contributed by atoms with Crippen LogP contribution in [0.2, 0.25) is 0 Å². The fourth-order valence-electron chi connectivity index (χ4n) is 2.28. The molecule has 0 fully saturated rings. The summed E-state index contributed by atoms with van der Waals surface area (Å²) >= 11 is 1.40. The number of nitrogens with one attached hydrogen (secondary N) is 2. The highest BCUT2D eigenvalue weighted by Crippen LogP contribution is 2.25. The van der Waals surface area contributed by atoms with Crippen molar-refractivity contribution >= 4 is 40.9 Å². The van der Waals surface area contributed by atoms with E-state index in [4.69, 9.17) is 5.11 Å². The Hall–Kier alpha value is -3.06. The highest BCUT2D eigenvalue weighted by atomic mass is 32.2. The molecule has 6 nitrogen and oxygen atoms in total. The molecule has 0 radical (unpaired) electrons. The maximum absolute atomic E-state index is 12.4. The first-order chi connectivity index (χ1) is 13.2. The van der Waals surface area contributed by atoms with Gasteiger partial charge in [-0.25, -0.2) is 4.79 Å². The van der Waals surface area contributed by atoms with Gasteiger partial charge in [0.15, 0.2) is 0 Å². The third-order valence-corrected chi connectivity index (χ3v) is 4.89. The summed E-state index contributed by atoms with van der Waals surface area (Å²) in [7, 11) is 0. The van der Waals surface area contributed by atoms with Gasteiger partial charge in [0, 0.05) is 27.9 Å². The summed E-state index contributed by atoms with van der Waals surface area (Å²) < 4.78 is 0. The molecule has 2 amide bonds. The average molecular weight is 398 g/mol. The van der Waals surface area contributed by atoms with Gasteiger partial charge >= 0.3 is 5.97 Å². The Labute approximate surface area is 168 Å². The van der Waals surface area contributed by atoms with Crippen molar-refractivity contribution in [3.63, 3.8) is 0 Å². The number of carboxylic acids is 1. The molecule has 0 aliphatic heterocycles. The molecular formula is C21H22N2O4S. The second kappa shape index (κ2) is 9.75. The molecule has 0 saturated carbocycles. The van der Waals surface area contributed by atoms with Gasteiger partial charge in [0.2, 0.25) is 11.8 Å². The van der Waals surface area contributed by atoms with Gasteiger partial charge in [0.05, 0.1) is 5.25 Å². The van der Waals surface area contributed by atoms with Gasteiger partial charge in [-0.15, -0.1) is 11.8 Å². The number of hydrogen-bond donors (Lipinski definition) is 3. The van der Waals surface area contributed by atoms with Crippen LogP contribution >= 0.6 is 11.8 Å². The maximum Gasteiger partial charge on any atom is 0.331 e. The maximum atomic E-state index is 12.4. The summed E-state index contributed by atoms with van der Waals surface area (Å²) in [5.41, 5.74) is 2.34. The van der Waals surface area contributed by atoms with Gasteiger partial charge in [-0.3, -0.25) is 9.59 Å². The number of carbonyl (C=O) groups excluding carboxylic acids is 2. The number of rotatable bonds is 7. The molecule has 0 spiro atoms. The van der Waals surface area contributed by atoms with Crippen molar-refractivity contribution in [2.45, 2.75) is 30.9 Å². The SMILES string of the molecule is C/C(=C/C(=O)Nc1ccc(S[C@H](C)C(=O)Nc2cccc(C)c2)cc1)C(=O)O. The Morgan fingerprint density at radius 1 is 1.04 bits per heavy atom. The van der Waals surface area contributed by atoms with Gasteiger partial charge in [-0.05, 0) is 62.7 Å². The van der Waals surface area contributed by atoms with E-state index in [1.54, 1.807) is 24.3 Å². The fraction of sp³-hybridized carbons (Fsp3) is 0.190. The zero-order valence-electron chi connectivity index (χ0n) is 15.9. The molecule has 0 heterocycles. The third-order valence-electron chi connectivity index (χ3n) is 3.77. The summed E-state index contributed by atoms with van der Waals surface area (Å²) in [4.78, 5) is 35.7. The lowest BCUT2D eigenvalue weighted by Gasteiger charge is -2.13. The van der Waals surface area contributed by atoms with Crippen LogP contribution < -0.4 is 10.6 Å². The first-order valence-electron chi connectivity index (χ1n) is 8.61.